The number of carbonyl (C=O) groups is 2. The average Bonchev–Trinajstić information content (AvgIpc) is 2.81. The van der Waals surface area contributed by atoms with Crippen molar-refractivity contribution in [2.24, 2.45) is 0 Å². The second-order valence-corrected chi connectivity index (χ2v) is 7.49. The number of nitrogens with one attached hydrogen (secondary N) is 1. The van der Waals surface area contributed by atoms with Gasteiger partial charge >= 0.3 is 5.97 Å². The van der Waals surface area contributed by atoms with Crippen LogP contribution in [0.1, 0.15) is 24.5 Å². The number of ether oxygens (including phenoxy) is 3. The highest BCUT2D eigenvalue weighted by molar-refractivity contribution is 9.10. The lowest BCUT2D eigenvalue weighted by atomic mass is 10.1. The van der Waals surface area contributed by atoms with E-state index in [-0.39, 0.29) is 12.2 Å². The zero-order chi connectivity index (χ0) is 23.3. The van der Waals surface area contributed by atoms with Gasteiger partial charge in [-0.3, -0.25) is 4.79 Å². The third-order valence-electron chi connectivity index (χ3n) is 4.37. The molecule has 1 N–H and O–H groups in total. The number of rotatable bonds is 11. The summed E-state index contributed by atoms with van der Waals surface area (Å²) in [6.07, 6.45) is 3.07. The molecule has 7 nitrogen and oxygen atoms in total. The first-order chi connectivity index (χ1) is 15.5. The van der Waals surface area contributed by atoms with Gasteiger partial charge in [0, 0.05) is 11.0 Å². The van der Waals surface area contributed by atoms with Crippen LogP contribution >= 0.6 is 15.9 Å². The number of benzene rings is 2. The summed E-state index contributed by atoms with van der Waals surface area (Å²) in [7, 11) is 1.27. The van der Waals surface area contributed by atoms with Crippen molar-refractivity contribution < 1.29 is 23.8 Å². The van der Waals surface area contributed by atoms with Crippen LogP contribution in [-0.4, -0.2) is 38.7 Å². The Labute approximate surface area is 196 Å². The highest BCUT2D eigenvalue weighted by atomic mass is 79.9. The summed E-state index contributed by atoms with van der Waals surface area (Å²) in [4.78, 5) is 23.8. The van der Waals surface area contributed by atoms with Crippen LogP contribution in [0.2, 0.25) is 0 Å². The third-order valence-corrected chi connectivity index (χ3v) is 5.06. The van der Waals surface area contributed by atoms with Crippen LogP contribution in [0.5, 0.6) is 11.5 Å². The Kier molecular flexibility index (Phi) is 10.3. The molecule has 0 saturated carbocycles. The van der Waals surface area contributed by atoms with E-state index in [0.717, 1.165) is 12.8 Å². The quantitative estimate of drug-likeness (QED) is 0.216. The summed E-state index contributed by atoms with van der Waals surface area (Å²) >= 11 is 3.42. The molecule has 0 unspecified atom stereocenters. The van der Waals surface area contributed by atoms with Crippen LogP contribution in [0.15, 0.2) is 52.5 Å². The lowest BCUT2D eigenvalue weighted by molar-refractivity contribution is -0.142. The number of carbonyl (C=O) groups excluding carboxylic acids is 2. The predicted molar refractivity (Wildman–Crippen MR) is 124 cm³/mol. The molecule has 0 radical (unpaired) electrons. The lowest BCUT2D eigenvalue weighted by Gasteiger charge is -2.13. The third kappa shape index (κ3) is 7.75. The van der Waals surface area contributed by atoms with Crippen LogP contribution in [-0.2, 0) is 20.7 Å². The monoisotopic (exact) mass is 500 g/mol. The average molecular weight is 501 g/mol. The van der Waals surface area contributed by atoms with Gasteiger partial charge < -0.3 is 19.5 Å². The zero-order valence-electron chi connectivity index (χ0n) is 18.0. The molecule has 0 heterocycles. The number of aryl methyl sites for hydroxylation is 1. The molecule has 168 valence electrons. The van der Waals surface area contributed by atoms with Crippen molar-refractivity contribution in [1.82, 2.24) is 5.32 Å². The number of methoxy groups -OCH3 is 1. The second-order valence-electron chi connectivity index (χ2n) is 6.63. The molecule has 1 amide bonds. The Morgan fingerprint density at radius 1 is 1.16 bits per heavy atom. The van der Waals surface area contributed by atoms with Gasteiger partial charge in [-0.1, -0.05) is 46.3 Å². The van der Waals surface area contributed by atoms with Gasteiger partial charge in [0.05, 0.1) is 13.7 Å². The number of nitriles is 1. The minimum absolute atomic E-state index is 0.0314. The molecule has 0 saturated heterocycles. The maximum absolute atomic E-state index is 12.5. The molecule has 2 aromatic rings. The Balaban J connectivity index is 2.09. The predicted octanol–water partition coefficient (Wildman–Crippen LogP) is 4.06. The van der Waals surface area contributed by atoms with Crippen LogP contribution < -0.4 is 14.8 Å². The van der Waals surface area contributed by atoms with Gasteiger partial charge in [-0.25, -0.2) is 4.79 Å². The highest BCUT2D eigenvalue weighted by Gasteiger charge is 2.14. The fraction of sp³-hybridized carbons (Fsp3) is 0.292. The minimum Gasteiger partial charge on any atom is -0.490 e. The topological polar surface area (TPSA) is 97.6 Å². The molecule has 0 bridgehead atoms. The van der Waals surface area contributed by atoms with E-state index < -0.39 is 11.9 Å². The maximum atomic E-state index is 12.5. The molecule has 2 aromatic carbocycles. The summed E-state index contributed by atoms with van der Waals surface area (Å²) in [5.41, 5.74) is 1.73. The highest BCUT2D eigenvalue weighted by Crippen LogP contribution is 2.35. The fourth-order valence-electron chi connectivity index (χ4n) is 2.78. The molecule has 0 aliphatic carbocycles. The molecule has 0 fully saturated rings. The smallest absolute Gasteiger partial charge is 0.343 e. The van der Waals surface area contributed by atoms with Crippen LogP contribution in [0.25, 0.3) is 6.08 Å². The van der Waals surface area contributed by atoms with Crippen LogP contribution in [0, 0.1) is 11.3 Å². The van der Waals surface area contributed by atoms with E-state index in [2.05, 4.69) is 26.0 Å². The van der Waals surface area contributed by atoms with Crippen molar-refractivity contribution in [2.45, 2.75) is 19.8 Å². The number of halogens is 1. The summed E-state index contributed by atoms with van der Waals surface area (Å²) < 4.78 is 16.2. The van der Waals surface area contributed by atoms with E-state index in [0.29, 0.717) is 34.7 Å². The molecule has 0 aliphatic rings. The summed E-state index contributed by atoms with van der Waals surface area (Å²) in [6.45, 7) is 2.36. The number of hydrogen-bond acceptors (Lipinski definition) is 6. The Bertz CT molecular complexity index is 999. The summed E-state index contributed by atoms with van der Waals surface area (Å²) in [5, 5.41) is 12.3. The molecule has 2 rings (SSSR count). The molecule has 32 heavy (non-hydrogen) atoms. The molecular formula is C24H25BrN2O5. The SMILES string of the molecule is CCOc1cc(/C=C(/C#N)C(=O)NCCCc2ccccc2)c(Br)cc1OCC(=O)OC. The van der Waals surface area contributed by atoms with Crippen molar-refractivity contribution >= 4 is 33.9 Å². The van der Waals surface area contributed by atoms with E-state index in [1.807, 2.05) is 43.3 Å². The summed E-state index contributed by atoms with van der Waals surface area (Å²) in [6, 6.07) is 15.2. The molecule has 0 aromatic heterocycles. The van der Waals surface area contributed by atoms with Crippen molar-refractivity contribution in [2.75, 3.05) is 26.9 Å². The van der Waals surface area contributed by atoms with Gasteiger partial charge in [0.15, 0.2) is 18.1 Å². The van der Waals surface area contributed by atoms with Gasteiger partial charge in [0.1, 0.15) is 11.6 Å². The maximum Gasteiger partial charge on any atom is 0.343 e. The van der Waals surface area contributed by atoms with Crippen LogP contribution in [0.3, 0.4) is 0 Å². The normalized spacial score (nSPS) is 10.8. The standard InChI is InChI=1S/C24H25BrN2O5/c1-3-31-21-13-18(20(25)14-22(21)32-16-23(28)30-2)12-19(15-26)24(29)27-11-7-10-17-8-5-4-6-9-17/h4-6,8-9,12-14H,3,7,10-11,16H2,1-2H3,(H,27,29)/b19-12-. The van der Waals surface area contributed by atoms with E-state index in [1.54, 1.807) is 12.1 Å². The lowest BCUT2D eigenvalue weighted by Crippen LogP contribution is -2.25. The number of hydrogen-bond donors (Lipinski definition) is 1. The zero-order valence-corrected chi connectivity index (χ0v) is 19.6. The van der Waals surface area contributed by atoms with E-state index in [4.69, 9.17) is 9.47 Å². The number of nitrogens with zero attached hydrogens (tertiary/aromatic N) is 1. The van der Waals surface area contributed by atoms with E-state index >= 15 is 0 Å². The van der Waals surface area contributed by atoms with Crippen molar-refractivity contribution in [3.05, 3.63) is 63.6 Å². The van der Waals surface area contributed by atoms with Gasteiger partial charge in [-0.2, -0.15) is 5.26 Å². The van der Waals surface area contributed by atoms with E-state index in [1.165, 1.54) is 18.7 Å². The molecule has 0 atom stereocenters. The van der Waals surface area contributed by atoms with Gasteiger partial charge in [-0.15, -0.1) is 0 Å². The molecule has 8 heteroatoms. The first-order valence-corrected chi connectivity index (χ1v) is 10.9. The first kappa shape index (κ1) is 25.0. The second kappa shape index (κ2) is 13.2. The number of esters is 1. The van der Waals surface area contributed by atoms with Crippen LogP contribution in [0.4, 0.5) is 0 Å². The van der Waals surface area contributed by atoms with Crippen molar-refractivity contribution in [1.29, 1.82) is 5.26 Å². The summed E-state index contributed by atoms with van der Waals surface area (Å²) in [5.74, 6) is -0.253. The minimum atomic E-state index is -0.525. The number of amides is 1. The Morgan fingerprint density at radius 2 is 1.88 bits per heavy atom. The first-order valence-electron chi connectivity index (χ1n) is 10.1. The van der Waals surface area contributed by atoms with Gasteiger partial charge in [0.25, 0.3) is 5.91 Å². The molecule has 0 aliphatic heterocycles. The molecular weight excluding hydrogens is 476 g/mol. The largest absolute Gasteiger partial charge is 0.490 e. The van der Waals surface area contributed by atoms with Gasteiger partial charge in [0.2, 0.25) is 0 Å². The fourth-order valence-corrected chi connectivity index (χ4v) is 3.21. The van der Waals surface area contributed by atoms with Crippen molar-refractivity contribution in [3.8, 4) is 17.6 Å². The van der Waals surface area contributed by atoms with E-state index in [9.17, 15) is 14.9 Å². The Morgan fingerprint density at radius 3 is 2.53 bits per heavy atom. The van der Waals surface area contributed by atoms with Gasteiger partial charge in [-0.05, 0) is 49.1 Å². The molecule has 0 spiro atoms. The Hall–Kier alpha value is -3.31. The van der Waals surface area contributed by atoms with Crippen molar-refractivity contribution in [3.63, 3.8) is 0 Å².